The van der Waals surface area contributed by atoms with E-state index >= 15 is 0 Å². The first kappa shape index (κ1) is 13.5. The summed E-state index contributed by atoms with van der Waals surface area (Å²) in [6.07, 6.45) is 0. The van der Waals surface area contributed by atoms with Crippen molar-refractivity contribution < 1.29 is 18.0 Å². The van der Waals surface area contributed by atoms with Gasteiger partial charge in [-0.15, -0.1) is 12.6 Å². The zero-order chi connectivity index (χ0) is 14.0. The van der Waals surface area contributed by atoms with Gasteiger partial charge in [0.2, 0.25) is 0 Å². The molecule has 6 heteroatoms. The first-order valence-corrected chi connectivity index (χ1v) is 5.67. The van der Waals surface area contributed by atoms with Crippen LogP contribution in [-0.2, 0) is 0 Å². The van der Waals surface area contributed by atoms with Gasteiger partial charge in [-0.3, -0.25) is 4.79 Å². The van der Waals surface area contributed by atoms with Gasteiger partial charge in [-0.25, -0.2) is 13.2 Å². The Morgan fingerprint density at radius 1 is 1.05 bits per heavy atom. The minimum absolute atomic E-state index is 0.295. The summed E-state index contributed by atoms with van der Waals surface area (Å²) in [6, 6.07) is 6.97. The number of halogens is 3. The Labute approximate surface area is 112 Å². The molecule has 2 aromatic carbocycles. The summed E-state index contributed by atoms with van der Waals surface area (Å²) in [5.41, 5.74) is -0.648. The molecule has 1 amide bonds. The van der Waals surface area contributed by atoms with Crippen molar-refractivity contribution in [3.63, 3.8) is 0 Å². The van der Waals surface area contributed by atoms with Crippen molar-refractivity contribution in [1.29, 1.82) is 0 Å². The maximum atomic E-state index is 13.4. The minimum Gasteiger partial charge on any atom is -0.319 e. The average molecular weight is 283 g/mol. The first-order valence-electron chi connectivity index (χ1n) is 5.23. The van der Waals surface area contributed by atoms with Gasteiger partial charge in [0.25, 0.3) is 5.91 Å². The van der Waals surface area contributed by atoms with Gasteiger partial charge in [0.05, 0.1) is 11.3 Å². The van der Waals surface area contributed by atoms with Crippen LogP contribution in [0.2, 0.25) is 0 Å². The molecule has 0 radical (unpaired) electrons. The van der Waals surface area contributed by atoms with Crippen molar-refractivity contribution in [3.8, 4) is 0 Å². The summed E-state index contributed by atoms with van der Waals surface area (Å²) >= 11 is 3.98. The number of carbonyl (C=O) groups is 1. The van der Waals surface area contributed by atoms with E-state index < -0.39 is 23.4 Å². The van der Waals surface area contributed by atoms with Crippen LogP contribution in [0.1, 0.15) is 10.4 Å². The highest BCUT2D eigenvalue weighted by atomic mass is 32.1. The molecule has 98 valence electrons. The molecule has 0 bridgehead atoms. The molecule has 0 atom stereocenters. The number of nitrogens with one attached hydrogen (secondary N) is 1. The number of rotatable bonds is 2. The third-order valence-electron chi connectivity index (χ3n) is 2.39. The second-order valence-corrected chi connectivity index (χ2v) is 4.24. The third-order valence-corrected chi connectivity index (χ3v) is 2.67. The van der Waals surface area contributed by atoms with Crippen molar-refractivity contribution in [2.75, 3.05) is 5.32 Å². The number of carbonyl (C=O) groups excluding carboxylic acids is 1. The Hall–Kier alpha value is -1.95. The van der Waals surface area contributed by atoms with E-state index in [-0.39, 0.29) is 11.3 Å². The lowest BCUT2D eigenvalue weighted by molar-refractivity contribution is 0.102. The molecular formula is C13H8F3NOS. The number of thiol groups is 1. The summed E-state index contributed by atoms with van der Waals surface area (Å²) < 4.78 is 39.8. The molecule has 0 aliphatic carbocycles. The summed E-state index contributed by atoms with van der Waals surface area (Å²) in [5, 5.41) is 2.11. The molecule has 0 unspecified atom stereocenters. The van der Waals surface area contributed by atoms with Gasteiger partial charge >= 0.3 is 0 Å². The lowest BCUT2D eigenvalue weighted by atomic mass is 10.2. The molecule has 0 spiro atoms. The van der Waals surface area contributed by atoms with Crippen molar-refractivity contribution in [3.05, 3.63) is 59.4 Å². The fourth-order valence-corrected chi connectivity index (χ4v) is 1.68. The van der Waals surface area contributed by atoms with Gasteiger partial charge in [-0.1, -0.05) is 6.07 Å². The lowest BCUT2D eigenvalue weighted by Crippen LogP contribution is -2.15. The van der Waals surface area contributed by atoms with Gasteiger partial charge in [0, 0.05) is 4.90 Å². The molecule has 0 aliphatic heterocycles. The van der Waals surface area contributed by atoms with Crippen molar-refractivity contribution in [2.24, 2.45) is 0 Å². The Morgan fingerprint density at radius 3 is 2.53 bits per heavy atom. The maximum absolute atomic E-state index is 13.4. The van der Waals surface area contributed by atoms with Crippen LogP contribution < -0.4 is 5.32 Å². The second-order valence-electron chi connectivity index (χ2n) is 3.72. The smallest absolute Gasteiger partial charge is 0.258 e. The average Bonchev–Trinajstić information content (AvgIpc) is 2.38. The fourth-order valence-electron chi connectivity index (χ4n) is 1.48. The molecule has 0 saturated heterocycles. The maximum Gasteiger partial charge on any atom is 0.258 e. The van der Waals surface area contributed by atoms with Crippen LogP contribution in [0.25, 0.3) is 0 Å². The van der Waals surface area contributed by atoms with Gasteiger partial charge < -0.3 is 5.32 Å². The molecular weight excluding hydrogens is 275 g/mol. The van der Waals surface area contributed by atoms with Gasteiger partial charge in [0.15, 0.2) is 11.6 Å². The van der Waals surface area contributed by atoms with E-state index in [1.807, 2.05) is 0 Å². The van der Waals surface area contributed by atoms with E-state index in [2.05, 4.69) is 17.9 Å². The Bertz CT molecular complexity index is 646. The Balaban J connectivity index is 2.31. The summed E-state index contributed by atoms with van der Waals surface area (Å²) in [6.45, 7) is 0. The standard InChI is InChI=1S/C13H8F3NOS/c14-9-5-4-7(19)6-8(9)13(18)17-11-3-1-2-10(15)12(11)16/h1-6,19H,(H,17,18). The van der Waals surface area contributed by atoms with E-state index in [1.54, 1.807) is 0 Å². The molecule has 19 heavy (non-hydrogen) atoms. The third kappa shape index (κ3) is 2.90. The van der Waals surface area contributed by atoms with Gasteiger partial charge in [-0.05, 0) is 30.3 Å². The number of anilines is 1. The molecule has 0 aromatic heterocycles. The Morgan fingerprint density at radius 2 is 1.79 bits per heavy atom. The van der Waals surface area contributed by atoms with Crippen LogP contribution in [-0.4, -0.2) is 5.91 Å². The number of amides is 1. The van der Waals surface area contributed by atoms with Crippen LogP contribution in [0.15, 0.2) is 41.3 Å². The molecule has 2 rings (SSSR count). The van der Waals surface area contributed by atoms with Crippen molar-refractivity contribution in [1.82, 2.24) is 0 Å². The normalized spacial score (nSPS) is 10.3. The molecule has 0 fully saturated rings. The molecule has 2 nitrogen and oxygen atoms in total. The fraction of sp³-hybridized carbons (Fsp3) is 0. The van der Waals surface area contributed by atoms with E-state index in [4.69, 9.17) is 0 Å². The zero-order valence-electron chi connectivity index (χ0n) is 9.45. The largest absolute Gasteiger partial charge is 0.319 e. The Kier molecular flexibility index (Phi) is 3.80. The van der Waals surface area contributed by atoms with Crippen LogP contribution >= 0.6 is 12.6 Å². The van der Waals surface area contributed by atoms with Crippen LogP contribution in [0, 0.1) is 17.5 Å². The molecule has 0 saturated carbocycles. The second kappa shape index (κ2) is 5.36. The number of hydrogen-bond acceptors (Lipinski definition) is 2. The van der Waals surface area contributed by atoms with Crippen LogP contribution in [0.5, 0.6) is 0 Å². The van der Waals surface area contributed by atoms with E-state index in [0.29, 0.717) is 4.90 Å². The molecule has 0 heterocycles. The van der Waals surface area contributed by atoms with Crippen molar-refractivity contribution >= 4 is 24.2 Å². The van der Waals surface area contributed by atoms with Gasteiger partial charge in [0.1, 0.15) is 5.82 Å². The predicted molar refractivity (Wildman–Crippen MR) is 68.0 cm³/mol. The predicted octanol–water partition coefficient (Wildman–Crippen LogP) is 3.64. The molecule has 1 N–H and O–H groups in total. The highest BCUT2D eigenvalue weighted by molar-refractivity contribution is 7.80. The minimum atomic E-state index is -1.20. The summed E-state index contributed by atoms with van der Waals surface area (Å²) in [5.74, 6) is -3.94. The topological polar surface area (TPSA) is 29.1 Å². The number of hydrogen-bond donors (Lipinski definition) is 2. The van der Waals surface area contributed by atoms with E-state index in [9.17, 15) is 18.0 Å². The van der Waals surface area contributed by atoms with E-state index in [1.165, 1.54) is 24.3 Å². The highest BCUT2D eigenvalue weighted by Crippen LogP contribution is 2.19. The number of benzene rings is 2. The summed E-state index contributed by atoms with van der Waals surface area (Å²) in [7, 11) is 0. The molecule has 0 aliphatic rings. The van der Waals surface area contributed by atoms with Crippen LogP contribution in [0.4, 0.5) is 18.9 Å². The lowest BCUT2D eigenvalue weighted by Gasteiger charge is -2.08. The quantitative estimate of drug-likeness (QED) is 0.809. The first-order chi connectivity index (χ1) is 8.99. The van der Waals surface area contributed by atoms with Crippen LogP contribution in [0.3, 0.4) is 0 Å². The SMILES string of the molecule is O=C(Nc1cccc(F)c1F)c1cc(S)ccc1F. The molecule has 2 aromatic rings. The monoisotopic (exact) mass is 283 g/mol. The zero-order valence-corrected chi connectivity index (χ0v) is 10.3. The summed E-state index contributed by atoms with van der Waals surface area (Å²) in [4.78, 5) is 12.2. The van der Waals surface area contributed by atoms with Gasteiger partial charge in [-0.2, -0.15) is 0 Å². The van der Waals surface area contributed by atoms with E-state index in [0.717, 1.165) is 12.1 Å². The highest BCUT2D eigenvalue weighted by Gasteiger charge is 2.15. The van der Waals surface area contributed by atoms with Crippen molar-refractivity contribution in [2.45, 2.75) is 4.90 Å².